The number of nitrogens with zero attached hydrogens (tertiary/aromatic N) is 3. The van der Waals surface area contributed by atoms with Gasteiger partial charge in [0.25, 0.3) is 0 Å². The van der Waals surface area contributed by atoms with Crippen LogP contribution < -0.4 is 10.8 Å². The maximum absolute atomic E-state index is 9.86. The second kappa shape index (κ2) is 7.04. The monoisotopic (exact) mass is 383 g/mol. The minimum absolute atomic E-state index is 0.160. The molecule has 7 heteroatoms. The highest BCUT2D eigenvalue weighted by Gasteiger charge is 2.39. The average Bonchev–Trinajstić information content (AvgIpc) is 3.44. The molecule has 0 unspecified atom stereocenters. The lowest BCUT2D eigenvalue weighted by atomic mass is 9.92. The van der Waals surface area contributed by atoms with Crippen LogP contribution in [0.1, 0.15) is 63.9 Å². The minimum Gasteiger partial charge on any atom is -0.393 e. The first-order valence-corrected chi connectivity index (χ1v) is 10.6. The van der Waals surface area contributed by atoms with Gasteiger partial charge in [-0.1, -0.05) is 12.8 Å². The first kappa shape index (κ1) is 17.9. The first-order valence-electron chi connectivity index (χ1n) is 10.6. The number of rotatable bonds is 4. The molecule has 0 amide bonds. The van der Waals surface area contributed by atoms with Crippen molar-refractivity contribution in [1.29, 1.82) is 0 Å². The van der Waals surface area contributed by atoms with Crippen LogP contribution in [0.4, 0.5) is 5.69 Å². The molecular weight excluding hydrogens is 354 g/mol. The fourth-order valence-electron chi connectivity index (χ4n) is 4.87. The molecule has 7 nitrogen and oxygen atoms in total. The summed E-state index contributed by atoms with van der Waals surface area (Å²) in [5.74, 6) is 0. The molecule has 3 aliphatic rings. The molecule has 0 aromatic carbocycles. The first-order chi connectivity index (χ1) is 13.7. The number of anilines is 1. The van der Waals surface area contributed by atoms with Crippen LogP contribution >= 0.6 is 0 Å². The van der Waals surface area contributed by atoms with Crippen LogP contribution in [-0.4, -0.2) is 37.6 Å². The summed E-state index contributed by atoms with van der Waals surface area (Å²) >= 11 is 0. The van der Waals surface area contributed by atoms with Gasteiger partial charge in [-0.3, -0.25) is 10.3 Å². The zero-order valence-corrected chi connectivity index (χ0v) is 16.4. The molecule has 2 aliphatic carbocycles. The molecule has 2 aromatic rings. The molecule has 5 rings (SSSR count). The Balaban J connectivity index is 1.54. The van der Waals surface area contributed by atoms with Crippen LogP contribution in [-0.2, 0) is 11.4 Å². The third kappa shape index (κ3) is 3.06. The van der Waals surface area contributed by atoms with Gasteiger partial charge in [0, 0.05) is 24.3 Å². The molecule has 2 fully saturated rings. The van der Waals surface area contributed by atoms with Gasteiger partial charge in [0.1, 0.15) is 5.60 Å². The maximum atomic E-state index is 9.86. The topological polar surface area (TPSA) is 84.2 Å². The van der Waals surface area contributed by atoms with Gasteiger partial charge in [0.2, 0.25) is 0 Å². The van der Waals surface area contributed by atoms with Crippen LogP contribution in [0.15, 0.2) is 18.5 Å². The summed E-state index contributed by atoms with van der Waals surface area (Å²) in [5, 5.41) is 19.2. The van der Waals surface area contributed by atoms with Crippen LogP contribution in [0.2, 0.25) is 0 Å². The Morgan fingerprint density at radius 1 is 1.25 bits per heavy atom. The molecule has 1 aliphatic heterocycles. The third-order valence-electron chi connectivity index (χ3n) is 6.52. The van der Waals surface area contributed by atoms with E-state index in [0.717, 1.165) is 73.1 Å². The fraction of sp³-hybridized carbons (Fsp3) is 0.619. The van der Waals surface area contributed by atoms with Gasteiger partial charge in [-0.05, 0) is 51.5 Å². The number of aromatic nitrogens is 3. The van der Waals surface area contributed by atoms with Gasteiger partial charge in [0.15, 0.2) is 5.65 Å². The standard InChI is InChI=1S/C21H29N5O2/c1-2-26-20-17(13-23-26)19(24-14-5-7-15(27)8-6-14)16(12-22-20)18-11-21(28-25-18)9-3-4-10-21/h11-15,25,27H,2-10H2,1H3,(H,22,24). The number of nitrogens with one attached hydrogen (secondary N) is 2. The number of hydroxylamine groups is 1. The molecule has 150 valence electrons. The molecule has 3 N–H and O–H groups in total. The van der Waals surface area contributed by atoms with Gasteiger partial charge in [0.05, 0.1) is 29.1 Å². The van der Waals surface area contributed by atoms with E-state index in [0.29, 0.717) is 6.04 Å². The Hall–Kier alpha value is -2.12. The molecule has 28 heavy (non-hydrogen) atoms. The Kier molecular flexibility index (Phi) is 4.51. The minimum atomic E-state index is -0.163. The third-order valence-corrected chi connectivity index (χ3v) is 6.52. The number of hydrogen-bond donors (Lipinski definition) is 3. The quantitative estimate of drug-likeness (QED) is 0.751. The summed E-state index contributed by atoms with van der Waals surface area (Å²) in [6.45, 7) is 2.87. The Morgan fingerprint density at radius 2 is 2.04 bits per heavy atom. The molecule has 0 radical (unpaired) electrons. The number of pyridine rings is 1. The smallest absolute Gasteiger partial charge is 0.159 e. The van der Waals surface area contributed by atoms with Crippen LogP contribution in [0.3, 0.4) is 0 Å². The molecule has 1 spiro atoms. The molecule has 0 bridgehead atoms. The van der Waals surface area contributed by atoms with Crippen molar-refractivity contribution in [3.05, 3.63) is 24.0 Å². The van der Waals surface area contributed by atoms with Crippen molar-refractivity contribution in [3.63, 3.8) is 0 Å². The van der Waals surface area contributed by atoms with E-state index in [4.69, 9.17) is 9.82 Å². The van der Waals surface area contributed by atoms with E-state index < -0.39 is 0 Å². The molecule has 0 atom stereocenters. The lowest BCUT2D eigenvalue weighted by molar-refractivity contribution is -0.0289. The largest absolute Gasteiger partial charge is 0.393 e. The summed E-state index contributed by atoms with van der Waals surface area (Å²) in [7, 11) is 0. The molecule has 0 saturated heterocycles. The predicted molar refractivity (Wildman–Crippen MR) is 108 cm³/mol. The van der Waals surface area contributed by atoms with E-state index in [1.807, 2.05) is 17.1 Å². The molecular formula is C21H29N5O2. The molecule has 2 aromatic heterocycles. The Bertz CT molecular complexity index is 892. The summed E-state index contributed by atoms with van der Waals surface area (Å²) < 4.78 is 1.93. The summed E-state index contributed by atoms with van der Waals surface area (Å²) in [4.78, 5) is 10.7. The highest BCUT2D eigenvalue weighted by molar-refractivity contribution is 5.95. The lowest BCUT2D eigenvalue weighted by Crippen LogP contribution is -2.29. The van der Waals surface area contributed by atoms with E-state index >= 15 is 0 Å². The van der Waals surface area contributed by atoms with Gasteiger partial charge in [-0.25, -0.2) is 9.67 Å². The van der Waals surface area contributed by atoms with Crippen LogP contribution in [0, 0.1) is 0 Å². The molecule has 3 heterocycles. The fourth-order valence-corrected chi connectivity index (χ4v) is 4.87. The van der Waals surface area contributed by atoms with E-state index in [-0.39, 0.29) is 11.7 Å². The Morgan fingerprint density at radius 3 is 2.79 bits per heavy atom. The lowest BCUT2D eigenvalue weighted by Gasteiger charge is -2.28. The summed E-state index contributed by atoms with van der Waals surface area (Å²) in [6, 6.07) is 0.348. The van der Waals surface area contributed by atoms with Gasteiger partial charge < -0.3 is 10.4 Å². The van der Waals surface area contributed by atoms with Crippen molar-refractivity contribution in [2.45, 2.75) is 82.6 Å². The van der Waals surface area contributed by atoms with Crippen molar-refractivity contribution in [3.8, 4) is 0 Å². The van der Waals surface area contributed by atoms with Crippen molar-refractivity contribution in [2.24, 2.45) is 0 Å². The van der Waals surface area contributed by atoms with Crippen LogP contribution in [0.5, 0.6) is 0 Å². The number of aryl methyl sites for hydroxylation is 1. The number of hydrogen-bond acceptors (Lipinski definition) is 6. The summed E-state index contributed by atoms with van der Waals surface area (Å²) in [5.41, 5.74) is 7.04. The summed E-state index contributed by atoms with van der Waals surface area (Å²) in [6.07, 6.45) is 14.1. The molecule has 2 saturated carbocycles. The van der Waals surface area contributed by atoms with Crippen molar-refractivity contribution >= 4 is 22.4 Å². The number of fused-ring (bicyclic) bond motifs is 1. The van der Waals surface area contributed by atoms with Crippen molar-refractivity contribution in [1.82, 2.24) is 20.2 Å². The van der Waals surface area contributed by atoms with E-state index in [2.05, 4.69) is 28.9 Å². The average molecular weight is 383 g/mol. The van der Waals surface area contributed by atoms with Crippen LogP contribution in [0.25, 0.3) is 16.7 Å². The highest BCUT2D eigenvalue weighted by Crippen LogP contribution is 2.41. The normalized spacial score (nSPS) is 26.6. The number of aliphatic hydroxyl groups is 1. The van der Waals surface area contributed by atoms with Gasteiger partial charge >= 0.3 is 0 Å². The zero-order chi connectivity index (χ0) is 19.1. The van der Waals surface area contributed by atoms with E-state index in [1.54, 1.807) is 0 Å². The second-order valence-electron chi connectivity index (χ2n) is 8.43. The highest BCUT2D eigenvalue weighted by atomic mass is 16.7. The number of aliphatic hydroxyl groups excluding tert-OH is 1. The van der Waals surface area contributed by atoms with E-state index in [1.165, 1.54) is 12.8 Å². The maximum Gasteiger partial charge on any atom is 0.159 e. The second-order valence-corrected chi connectivity index (χ2v) is 8.43. The Labute approximate surface area is 165 Å². The van der Waals surface area contributed by atoms with Gasteiger partial charge in [-0.15, -0.1) is 0 Å². The van der Waals surface area contributed by atoms with Crippen molar-refractivity contribution < 1.29 is 9.94 Å². The van der Waals surface area contributed by atoms with E-state index in [9.17, 15) is 5.11 Å². The van der Waals surface area contributed by atoms with Gasteiger partial charge in [-0.2, -0.15) is 5.10 Å². The predicted octanol–water partition coefficient (Wildman–Crippen LogP) is 3.36. The zero-order valence-electron chi connectivity index (χ0n) is 16.4. The van der Waals surface area contributed by atoms with Crippen molar-refractivity contribution in [2.75, 3.05) is 5.32 Å². The SMILES string of the molecule is CCn1ncc2c(NC3CCC(O)CC3)c(C3=CC4(CCCC4)ON3)cnc21.